The summed E-state index contributed by atoms with van der Waals surface area (Å²) in [6.07, 6.45) is 1.99. The van der Waals surface area contributed by atoms with Crippen molar-refractivity contribution in [2.75, 3.05) is 13.1 Å². The first-order valence-electron chi connectivity index (χ1n) is 11.7. The number of carbonyl (C=O) groups excluding carboxylic acids is 4. The second-order valence-electron chi connectivity index (χ2n) is 9.75. The Bertz CT molecular complexity index is 753. The molecule has 2 saturated heterocycles. The van der Waals surface area contributed by atoms with E-state index in [1.165, 1.54) is 6.08 Å². The van der Waals surface area contributed by atoms with Crippen LogP contribution < -0.4 is 11.0 Å². The van der Waals surface area contributed by atoms with E-state index in [1.54, 1.807) is 9.80 Å². The molecule has 2 aliphatic rings. The first-order chi connectivity index (χ1) is 15.5. The molecular weight excluding hydrogens is 428 g/mol. The topological polar surface area (TPSA) is 117 Å². The summed E-state index contributed by atoms with van der Waals surface area (Å²) in [7, 11) is 0. The number of hydrogen-bond donors (Lipinski definition) is 2. The molecule has 2 fully saturated rings. The van der Waals surface area contributed by atoms with Gasteiger partial charge in [0, 0.05) is 50.5 Å². The number of nitrogens with one attached hydrogen (secondary N) is 2. The van der Waals surface area contributed by atoms with Gasteiger partial charge in [-0.1, -0.05) is 33.8 Å². The molecule has 186 valence electrons. The first kappa shape index (κ1) is 26.8. The summed E-state index contributed by atoms with van der Waals surface area (Å²) < 4.78 is 0. The Labute approximate surface area is 195 Å². The van der Waals surface area contributed by atoms with E-state index in [0.29, 0.717) is 37.8 Å². The highest BCUT2D eigenvalue weighted by molar-refractivity contribution is 5.88. The third-order valence-corrected chi connectivity index (χ3v) is 5.60. The van der Waals surface area contributed by atoms with Crippen molar-refractivity contribution in [2.45, 2.75) is 85.1 Å². The van der Waals surface area contributed by atoms with Gasteiger partial charge >= 0.3 is 0 Å². The fourth-order valence-electron chi connectivity index (χ4n) is 4.02. The summed E-state index contributed by atoms with van der Waals surface area (Å²) in [6, 6.07) is 0.103. The van der Waals surface area contributed by atoms with Crippen LogP contribution in [0, 0.1) is 11.8 Å². The highest BCUT2D eigenvalue weighted by Gasteiger charge is 2.39. The Balaban J connectivity index is 1.68. The van der Waals surface area contributed by atoms with Crippen LogP contribution in [0.25, 0.3) is 0 Å². The third kappa shape index (κ3) is 7.82. The van der Waals surface area contributed by atoms with Crippen molar-refractivity contribution in [3.05, 3.63) is 12.2 Å². The maximum Gasteiger partial charge on any atom is 0.267 e. The predicted molar refractivity (Wildman–Crippen MR) is 121 cm³/mol. The summed E-state index contributed by atoms with van der Waals surface area (Å²) in [5.41, 5.74) is 4.52. The van der Waals surface area contributed by atoms with Crippen LogP contribution in [0.15, 0.2) is 12.2 Å². The molecule has 2 rings (SSSR count). The van der Waals surface area contributed by atoms with Crippen molar-refractivity contribution in [3.8, 4) is 0 Å². The van der Waals surface area contributed by atoms with Crippen LogP contribution in [0.1, 0.15) is 60.8 Å². The van der Waals surface area contributed by atoms with Gasteiger partial charge in [0.25, 0.3) is 17.7 Å². The zero-order valence-corrected chi connectivity index (χ0v) is 20.5. The lowest BCUT2D eigenvalue weighted by Gasteiger charge is -2.23. The SMILES string of the molecule is CC(C)CN1C(=O)C(ONC(=O)C/C=C/C(=O)NO[C@@H]2CC(C)N(CC(C)C)C2=O)CC1C. The molecule has 10 nitrogen and oxygen atoms in total. The fraction of sp³-hybridized carbons (Fsp3) is 0.739. The van der Waals surface area contributed by atoms with Crippen LogP contribution in [-0.4, -0.2) is 70.8 Å². The molecule has 0 aromatic heterocycles. The lowest BCUT2D eigenvalue weighted by molar-refractivity contribution is -0.149. The van der Waals surface area contributed by atoms with Crippen LogP contribution in [0.4, 0.5) is 0 Å². The summed E-state index contributed by atoms with van der Waals surface area (Å²) in [6.45, 7) is 13.4. The molecule has 4 atom stereocenters. The number of nitrogens with zero attached hydrogens (tertiary/aromatic N) is 2. The molecule has 2 N–H and O–H groups in total. The zero-order valence-electron chi connectivity index (χ0n) is 20.5. The number of likely N-dealkylation sites (tertiary alicyclic amines) is 2. The maximum absolute atomic E-state index is 12.4. The second-order valence-corrected chi connectivity index (χ2v) is 9.75. The molecule has 0 aliphatic carbocycles. The van der Waals surface area contributed by atoms with Crippen molar-refractivity contribution in [1.29, 1.82) is 0 Å². The van der Waals surface area contributed by atoms with E-state index in [4.69, 9.17) is 9.68 Å². The first-order valence-corrected chi connectivity index (χ1v) is 11.7. The van der Waals surface area contributed by atoms with E-state index in [1.807, 2.05) is 41.5 Å². The number of hydroxylamine groups is 2. The molecule has 2 heterocycles. The van der Waals surface area contributed by atoms with Gasteiger partial charge in [-0.05, 0) is 25.7 Å². The van der Waals surface area contributed by atoms with Gasteiger partial charge in [0.1, 0.15) is 0 Å². The van der Waals surface area contributed by atoms with Crippen LogP contribution in [0.5, 0.6) is 0 Å². The molecule has 0 spiro atoms. The minimum Gasteiger partial charge on any atom is -0.337 e. The number of carbonyl (C=O) groups is 4. The number of amides is 4. The van der Waals surface area contributed by atoms with Crippen molar-refractivity contribution in [1.82, 2.24) is 20.8 Å². The summed E-state index contributed by atoms with van der Waals surface area (Å²) in [5, 5.41) is 0. The molecule has 0 aromatic rings. The highest BCUT2D eigenvalue weighted by atomic mass is 16.7. The van der Waals surface area contributed by atoms with Gasteiger partial charge in [0.2, 0.25) is 5.91 Å². The predicted octanol–water partition coefficient (Wildman–Crippen LogP) is 1.32. The van der Waals surface area contributed by atoms with Gasteiger partial charge in [0.15, 0.2) is 12.2 Å². The highest BCUT2D eigenvalue weighted by Crippen LogP contribution is 2.23. The molecule has 10 heteroatoms. The zero-order chi connectivity index (χ0) is 24.7. The van der Waals surface area contributed by atoms with Crippen LogP contribution in [-0.2, 0) is 28.9 Å². The quantitative estimate of drug-likeness (QED) is 0.350. The van der Waals surface area contributed by atoms with Crippen molar-refractivity contribution in [3.63, 3.8) is 0 Å². The Morgan fingerprint density at radius 2 is 1.36 bits per heavy atom. The molecule has 4 amide bonds. The maximum atomic E-state index is 12.4. The van der Waals surface area contributed by atoms with E-state index in [0.717, 1.165) is 6.08 Å². The van der Waals surface area contributed by atoms with Crippen LogP contribution >= 0.6 is 0 Å². The van der Waals surface area contributed by atoms with Gasteiger partial charge < -0.3 is 9.80 Å². The van der Waals surface area contributed by atoms with Gasteiger partial charge in [-0.2, -0.15) is 0 Å². The van der Waals surface area contributed by atoms with Gasteiger partial charge in [-0.15, -0.1) is 0 Å². The molecular formula is C23H38N4O6. The van der Waals surface area contributed by atoms with Crippen molar-refractivity contribution >= 4 is 23.6 Å². The average molecular weight is 467 g/mol. The van der Waals surface area contributed by atoms with Crippen molar-refractivity contribution < 1.29 is 28.9 Å². The van der Waals surface area contributed by atoms with Gasteiger partial charge in [-0.25, -0.2) is 11.0 Å². The molecule has 0 saturated carbocycles. The van der Waals surface area contributed by atoms with Crippen LogP contribution in [0.3, 0.4) is 0 Å². The average Bonchev–Trinajstić information content (AvgIpc) is 3.14. The molecule has 2 aliphatic heterocycles. The monoisotopic (exact) mass is 466 g/mol. The minimum atomic E-state index is -0.714. The summed E-state index contributed by atoms with van der Waals surface area (Å²) in [4.78, 5) is 62.8. The molecule has 0 aromatic carbocycles. The molecule has 0 radical (unpaired) electrons. The largest absolute Gasteiger partial charge is 0.337 e. The lowest BCUT2D eigenvalue weighted by Crippen LogP contribution is -2.38. The molecule has 33 heavy (non-hydrogen) atoms. The molecule has 0 bridgehead atoms. The molecule has 3 unspecified atom stereocenters. The van der Waals surface area contributed by atoms with E-state index in [9.17, 15) is 19.2 Å². The van der Waals surface area contributed by atoms with E-state index < -0.39 is 24.0 Å². The Morgan fingerprint density at radius 1 is 0.909 bits per heavy atom. The summed E-state index contributed by atoms with van der Waals surface area (Å²) in [5.74, 6) is -0.635. The lowest BCUT2D eigenvalue weighted by atomic mass is 10.2. The summed E-state index contributed by atoms with van der Waals surface area (Å²) >= 11 is 0. The van der Waals surface area contributed by atoms with E-state index in [-0.39, 0.29) is 30.3 Å². The van der Waals surface area contributed by atoms with E-state index in [2.05, 4.69) is 11.0 Å². The van der Waals surface area contributed by atoms with Crippen molar-refractivity contribution in [2.24, 2.45) is 11.8 Å². The smallest absolute Gasteiger partial charge is 0.267 e. The fourth-order valence-corrected chi connectivity index (χ4v) is 4.02. The second kappa shape index (κ2) is 12.1. The van der Waals surface area contributed by atoms with Gasteiger partial charge in [0.05, 0.1) is 0 Å². The number of hydrogen-bond acceptors (Lipinski definition) is 6. The van der Waals surface area contributed by atoms with Crippen LogP contribution in [0.2, 0.25) is 0 Å². The normalized spacial score (nSPS) is 25.7. The Hall–Kier alpha value is -2.46. The van der Waals surface area contributed by atoms with Gasteiger partial charge in [-0.3, -0.25) is 28.9 Å². The third-order valence-electron chi connectivity index (χ3n) is 5.60. The minimum absolute atomic E-state index is 0.0493. The Kier molecular flexibility index (Phi) is 9.85. The number of rotatable bonds is 11. The van der Waals surface area contributed by atoms with E-state index >= 15 is 0 Å². The Morgan fingerprint density at radius 3 is 1.82 bits per heavy atom. The standard InChI is InChI=1S/C23H38N4O6/c1-14(2)12-26-16(5)10-18(22(26)30)32-24-20(28)8-7-9-21(29)25-33-19-11-17(6)27(23(19)31)13-15(3)4/h7-8,14-19H,9-13H2,1-6H3,(H,24,28)(H,25,29)/b8-7+/t16?,17?,18-,19?/m1/s1.